The summed E-state index contributed by atoms with van der Waals surface area (Å²) in [4.78, 5) is 14.1. The van der Waals surface area contributed by atoms with Crippen molar-refractivity contribution in [2.75, 3.05) is 26.3 Å². The fourth-order valence-corrected chi connectivity index (χ4v) is 2.36. The van der Waals surface area contributed by atoms with Gasteiger partial charge in [-0.3, -0.25) is 4.79 Å². The third-order valence-corrected chi connectivity index (χ3v) is 3.65. The van der Waals surface area contributed by atoms with E-state index in [2.05, 4.69) is 6.07 Å². The molecule has 1 aliphatic heterocycles. The molecule has 0 spiro atoms. The van der Waals surface area contributed by atoms with Crippen molar-refractivity contribution in [3.05, 3.63) is 41.5 Å². The van der Waals surface area contributed by atoms with E-state index in [4.69, 9.17) is 10.00 Å². The van der Waals surface area contributed by atoms with E-state index in [1.807, 2.05) is 24.0 Å². The molecule has 1 aliphatic rings. The minimum absolute atomic E-state index is 0.0220. The van der Waals surface area contributed by atoms with E-state index in [1.54, 1.807) is 24.3 Å². The summed E-state index contributed by atoms with van der Waals surface area (Å²) in [7, 11) is 0. The van der Waals surface area contributed by atoms with Gasteiger partial charge in [-0.05, 0) is 37.1 Å². The van der Waals surface area contributed by atoms with Gasteiger partial charge in [-0.1, -0.05) is 12.1 Å². The molecule has 0 saturated carbocycles. The molecule has 0 bridgehead atoms. The summed E-state index contributed by atoms with van der Waals surface area (Å²) >= 11 is 0. The fourth-order valence-electron chi connectivity index (χ4n) is 2.36. The van der Waals surface area contributed by atoms with Crippen molar-refractivity contribution < 1.29 is 9.53 Å². The standard InChI is InChI=1S/C17H20N2O2/c1-2-19(12-16-9-10-21-13-16)17(20)8-7-14-3-5-15(11-18)6-4-14/h3-8,16H,2,9-10,12-13H2,1H3/b8-7+. The monoisotopic (exact) mass is 284 g/mol. The van der Waals surface area contributed by atoms with E-state index in [1.165, 1.54) is 0 Å². The van der Waals surface area contributed by atoms with Crippen LogP contribution in [0.3, 0.4) is 0 Å². The Kier molecular flexibility index (Phi) is 5.53. The molecule has 1 atom stereocenters. The average Bonchev–Trinajstić information content (AvgIpc) is 3.03. The largest absolute Gasteiger partial charge is 0.381 e. The normalized spacial score (nSPS) is 17.8. The first-order valence-electron chi connectivity index (χ1n) is 7.28. The topological polar surface area (TPSA) is 53.3 Å². The Morgan fingerprint density at radius 1 is 1.48 bits per heavy atom. The number of hydrogen-bond donors (Lipinski definition) is 0. The van der Waals surface area contributed by atoms with Gasteiger partial charge < -0.3 is 9.64 Å². The number of ether oxygens (including phenoxy) is 1. The predicted octanol–water partition coefficient (Wildman–Crippen LogP) is 2.46. The van der Waals surface area contributed by atoms with Crippen LogP contribution in [0.4, 0.5) is 0 Å². The number of amides is 1. The second-order valence-corrected chi connectivity index (χ2v) is 5.17. The van der Waals surface area contributed by atoms with Gasteiger partial charge in [-0.15, -0.1) is 0 Å². The molecule has 1 saturated heterocycles. The van der Waals surface area contributed by atoms with E-state index in [0.717, 1.165) is 31.7 Å². The van der Waals surface area contributed by atoms with Gasteiger partial charge in [0.1, 0.15) is 0 Å². The molecule has 2 rings (SSSR count). The minimum atomic E-state index is 0.0220. The molecule has 0 radical (unpaired) electrons. The van der Waals surface area contributed by atoms with Crippen LogP contribution in [0.1, 0.15) is 24.5 Å². The molecule has 1 aromatic rings. The lowest BCUT2D eigenvalue weighted by Gasteiger charge is -2.22. The Labute approximate surface area is 125 Å². The van der Waals surface area contributed by atoms with Crippen LogP contribution in [0.5, 0.6) is 0 Å². The minimum Gasteiger partial charge on any atom is -0.381 e. The van der Waals surface area contributed by atoms with Crippen LogP contribution in [0.2, 0.25) is 0 Å². The molecule has 1 aromatic carbocycles. The Balaban J connectivity index is 1.93. The summed E-state index contributed by atoms with van der Waals surface area (Å²) in [6.07, 6.45) is 4.42. The maximum absolute atomic E-state index is 12.2. The maximum atomic E-state index is 12.2. The van der Waals surface area contributed by atoms with Gasteiger partial charge in [0, 0.05) is 31.7 Å². The van der Waals surface area contributed by atoms with Gasteiger partial charge in [0.05, 0.1) is 18.2 Å². The third-order valence-electron chi connectivity index (χ3n) is 3.65. The second kappa shape index (κ2) is 7.61. The highest BCUT2D eigenvalue weighted by molar-refractivity contribution is 5.91. The number of nitriles is 1. The van der Waals surface area contributed by atoms with E-state index >= 15 is 0 Å². The van der Waals surface area contributed by atoms with Gasteiger partial charge in [0.2, 0.25) is 5.91 Å². The number of nitrogens with zero attached hydrogens (tertiary/aromatic N) is 2. The summed E-state index contributed by atoms with van der Waals surface area (Å²) in [6.45, 7) is 5.00. The Bertz CT molecular complexity index is 537. The van der Waals surface area contributed by atoms with E-state index in [0.29, 0.717) is 18.0 Å². The van der Waals surface area contributed by atoms with Crippen molar-refractivity contribution >= 4 is 12.0 Å². The van der Waals surface area contributed by atoms with Crippen molar-refractivity contribution in [3.8, 4) is 6.07 Å². The van der Waals surface area contributed by atoms with Crippen molar-refractivity contribution in [2.24, 2.45) is 5.92 Å². The number of rotatable bonds is 5. The fraction of sp³-hybridized carbons (Fsp3) is 0.412. The summed E-state index contributed by atoms with van der Waals surface area (Å²) in [5.74, 6) is 0.478. The summed E-state index contributed by atoms with van der Waals surface area (Å²) in [5, 5.41) is 8.75. The Hall–Kier alpha value is -2.12. The molecule has 21 heavy (non-hydrogen) atoms. The van der Waals surface area contributed by atoms with Gasteiger partial charge >= 0.3 is 0 Å². The van der Waals surface area contributed by atoms with Crippen LogP contribution in [-0.4, -0.2) is 37.1 Å². The van der Waals surface area contributed by atoms with Crippen molar-refractivity contribution in [1.29, 1.82) is 5.26 Å². The first kappa shape index (κ1) is 15.3. The lowest BCUT2D eigenvalue weighted by atomic mass is 10.1. The predicted molar refractivity (Wildman–Crippen MR) is 81.4 cm³/mol. The lowest BCUT2D eigenvalue weighted by Crippen LogP contribution is -2.34. The van der Waals surface area contributed by atoms with Crippen molar-refractivity contribution in [1.82, 2.24) is 4.90 Å². The molecule has 1 fully saturated rings. The number of carbonyl (C=O) groups excluding carboxylic acids is 1. The third kappa shape index (κ3) is 4.44. The zero-order valence-corrected chi connectivity index (χ0v) is 12.3. The number of carbonyl (C=O) groups is 1. The molecular weight excluding hydrogens is 264 g/mol. The van der Waals surface area contributed by atoms with Crippen molar-refractivity contribution in [2.45, 2.75) is 13.3 Å². The maximum Gasteiger partial charge on any atom is 0.246 e. The second-order valence-electron chi connectivity index (χ2n) is 5.17. The molecule has 0 aliphatic carbocycles. The van der Waals surface area contributed by atoms with Crippen molar-refractivity contribution in [3.63, 3.8) is 0 Å². The van der Waals surface area contributed by atoms with Crippen LogP contribution in [0.15, 0.2) is 30.3 Å². The Morgan fingerprint density at radius 3 is 2.81 bits per heavy atom. The Morgan fingerprint density at radius 2 is 2.24 bits per heavy atom. The average molecular weight is 284 g/mol. The van der Waals surface area contributed by atoms with Gasteiger partial charge in [-0.25, -0.2) is 0 Å². The van der Waals surface area contributed by atoms with E-state index in [9.17, 15) is 4.79 Å². The van der Waals surface area contributed by atoms with Gasteiger partial charge in [0.25, 0.3) is 0 Å². The molecule has 110 valence electrons. The molecule has 1 unspecified atom stereocenters. The van der Waals surface area contributed by atoms with Crippen LogP contribution in [-0.2, 0) is 9.53 Å². The summed E-state index contributed by atoms with van der Waals surface area (Å²) in [6, 6.07) is 9.24. The molecule has 1 amide bonds. The smallest absolute Gasteiger partial charge is 0.246 e. The summed E-state index contributed by atoms with van der Waals surface area (Å²) < 4.78 is 5.35. The van der Waals surface area contributed by atoms with E-state index < -0.39 is 0 Å². The SMILES string of the molecule is CCN(CC1CCOC1)C(=O)/C=C/c1ccc(C#N)cc1. The number of likely N-dealkylation sites (N-methyl/N-ethyl adjacent to an activating group) is 1. The van der Waals surface area contributed by atoms with Gasteiger partial charge in [-0.2, -0.15) is 5.26 Å². The zero-order valence-electron chi connectivity index (χ0n) is 12.3. The highest BCUT2D eigenvalue weighted by Gasteiger charge is 2.20. The number of benzene rings is 1. The van der Waals surface area contributed by atoms with Crippen LogP contribution < -0.4 is 0 Å². The van der Waals surface area contributed by atoms with Gasteiger partial charge in [0.15, 0.2) is 0 Å². The molecule has 0 aromatic heterocycles. The highest BCUT2D eigenvalue weighted by atomic mass is 16.5. The quantitative estimate of drug-likeness (QED) is 0.780. The summed E-state index contributed by atoms with van der Waals surface area (Å²) in [5.41, 5.74) is 1.54. The first-order valence-corrected chi connectivity index (χ1v) is 7.28. The zero-order chi connectivity index (χ0) is 15.1. The van der Waals surface area contributed by atoms with E-state index in [-0.39, 0.29) is 5.91 Å². The lowest BCUT2D eigenvalue weighted by molar-refractivity contribution is -0.126. The molecular formula is C17H20N2O2. The highest BCUT2D eigenvalue weighted by Crippen LogP contribution is 2.14. The molecule has 1 heterocycles. The van der Waals surface area contributed by atoms with Crippen LogP contribution in [0, 0.1) is 17.2 Å². The molecule has 4 heteroatoms. The van der Waals surface area contributed by atoms with Crippen LogP contribution >= 0.6 is 0 Å². The van der Waals surface area contributed by atoms with Crippen LogP contribution in [0.25, 0.3) is 6.08 Å². The molecule has 4 nitrogen and oxygen atoms in total. The number of hydrogen-bond acceptors (Lipinski definition) is 3. The first-order chi connectivity index (χ1) is 10.2. The molecule has 0 N–H and O–H groups in total.